The molecule has 0 aromatic rings. The molecule has 2 atom stereocenters. The van der Waals surface area contributed by atoms with Crippen LogP contribution in [0.15, 0.2) is 0 Å². The van der Waals surface area contributed by atoms with E-state index in [1.165, 1.54) is 0 Å². The molecular weight excluding hydrogens is 212 g/mol. The number of carbonyl (C=O) groups is 2. The standard InChI is InChI=1S/C7H12O8/c8-3(9)1-2-15-5(7(13)14)4(10)6(11)12/h3-5,8-10H,1-2H2,(H,11,12)(H,13,14). The summed E-state index contributed by atoms with van der Waals surface area (Å²) >= 11 is 0. The largest absolute Gasteiger partial charge is 0.479 e. The van der Waals surface area contributed by atoms with Crippen molar-refractivity contribution in [1.29, 1.82) is 0 Å². The summed E-state index contributed by atoms with van der Waals surface area (Å²) in [6.45, 7) is -0.390. The van der Waals surface area contributed by atoms with Crippen LogP contribution < -0.4 is 0 Å². The maximum absolute atomic E-state index is 10.4. The Morgan fingerprint density at radius 3 is 1.93 bits per heavy atom. The molecule has 0 heterocycles. The number of ether oxygens (including phenoxy) is 1. The van der Waals surface area contributed by atoms with Crippen LogP contribution in [-0.2, 0) is 14.3 Å². The first-order chi connectivity index (χ1) is 6.86. The summed E-state index contributed by atoms with van der Waals surface area (Å²) in [6, 6.07) is 0. The molecule has 8 heteroatoms. The minimum absolute atomic E-state index is 0.282. The van der Waals surface area contributed by atoms with Gasteiger partial charge in [0, 0.05) is 6.42 Å². The Bertz CT molecular complexity index is 225. The Labute approximate surface area is 84.3 Å². The number of carboxylic acid groups (broad SMARTS) is 2. The zero-order chi connectivity index (χ0) is 12.0. The van der Waals surface area contributed by atoms with Gasteiger partial charge in [-0.3, -0.25) is 0 Å². The van der Waals surface area contributed by atoms with Crippen LogP contribution >= 0.6 is 0 Å². The molecule has 5 N–H and O–H groups in total. The third-order valence-electron chi connectivity index (χ3n) is 1.46. The zero-order valence-corrected chi connectivity index (χ0v) is 7.61. The van der Waals surface area contributed by atoms with E-state index in [2.05, 4.69) is 4.74 Å². The molecule has 15 heavy (non-hydrogen) atoms. The predicted molar refractivity (Wildman–Crippen MR) is 43.9 cm³/mol. The molecule has 0 aromatic heterocycles. The van der Waals surface area contributed by atoms with Crippen molar-refractivity contribution in [2.45, 2.75) is 24.9 Å². The smallest absolute Gasteiger partial charge is 0.336 e. The average molecular weight is 224 g/mol. The lowest BCUT2D eigenvalue weighted by Gasteiger charge is -2.16. The van der Waals surface area contributed by atoms with E-state index in [-0.39, 0.29) is 13.0 Å². The summed E-state index contributed by atoms with van der Waals surface area (Å²) in [6.07, 6.45) is -6.09. The van der Waals surface area contributed by atoms with Crippen LogP contribution in [0.2, 0.25) is 0 Å². The minimum atomic E-state index is -2.20. The van der Waals surface area contributed by atoms with Crippen LogP contribution in [0, 0.1) is 0 Å². The van der Waals surface area contributed by atoms with Gasteiger partial charge in [0.2, 0.25) is 0 Å². The topological polar surface area (TPSA) is 145 Å². The van der Waals surface area contributed by atoms with Gasteiger partial charge in [-0.25, -0.2) is 9.59 Å². The van der Waals surface area contributed by atoms with Crippen molar-refractivity contribution >= 4 is 11.9 Å². The SMILES string of the molecule is O=C(O)C(O)C(OCCC(O)O)C(=O)O. The molecule has 0 saturated carbocycles. The highest BCUT2D eigenvalue weighted by Gasteiger charge is 2.32. The van der Waals surface area contributed by atoms with E-state index in [0.717, 1.165) is 0 Å². The fraction of sp³-hybridized carbons (Fsp3) is 0.714. The first-order valence-electron chi connectivity index (χ1n) is 3.97. The molecule has 8 nitrogen and oxygen atoms in total. The third kappa shape index (κ3) is 5.27. The van der Waals surface area contributed by atoms with Crippen molar-refractivity contribution in [3.05, 3.63) is 0 Å². The number of hydrogen-bond acceptors (Lipinski definition) is 6. The molecule has 0 aromatic carbocycles. The molecule has 0 saturated heterocycles. The van der Waals surface area contributed by atoms with Crippen molar-refractivity contribution in [2.75, 3.05) is 6.61 Å². The normalized spacial score (nSPS) is 14.9. The van der Waals surface area contributed by atoms with Crippen LogP contribution in [0.3, 0.4) is 0 Å². The number of hydrogen-bond donors (Lipinski definition) is 5. The Hall–Kier alpha value is -1.22. The number of aliphatic carboxylic acids is 2. The van der Waals surface area contributed by atoms with Crippen molar-refractivity contribution in [3.63, 3.8) is 0 Å². The average Bonchev–Trinajstić information content (AvgIpc) is 2.10. The monoisotopic (exact) mass is 224 g/mol. The molecule has 0 rings (SSSR count). The van der Waals surface area contributed by atoms with Gasteiger partial charge in [0.1, 0.15) is 0 Å². The second-order valence-corrected chi connectivity index (χ2v) is 2.68. The molecule has 0 bridgehead atoms. The predicted octanol–water partition coefficient (Wildman–Crippen LogP) is -2.40. The highest BCUT2D eigenvalue weighted by Crippen LogP contribution is 2.02. The van der Waals surface area contributed by atoms with Crippen molar-refractivity contribution in [3.8, 4) is 0 Å². The van der Waals surface area contributed by atoms with Gasteiger partial charge < -0.3 is 30.3 Å². The number of carboxylic acids is 2. The fourth-order valence-electron chi connectivity index (χ4n) is 0.727. The maximum Gasteiger partial charge on any atom is 0.336 e. The Morgan fingerprint density at radius 1 is 1.07 bits per heavy atom. The summed E-state index contributed by atoms with van der Waals surface area (Å²) in [5.74, 6) is -3.37. The van der Waals surface area contributed by atoms with E-state index in [9.17, 15) is 9.59 Å². The van der Waals surface area contributed by atoms with Gasteiger partial charge in [0.05, 0.1) is 6.61 Å². The second kappa shape index (κ2) is 6.30. The molecule has 0 fully saturated rings. The number of rotatable bonds is 7. The minimum Gasteiger partial charge on any atom is -0.479 e. The van der Waals surface area contributed by atoms with Gasteiger partial charge in [-0.05, 0) is 0 Å². The van der Waals surface area contributed by atoms with Gasteiger partial charge >= 0.3 is 11.9 Å². The molecule has 0 aliphatic carbocycles. The molecule has 88 valence electrons. The summed E-state index contributed by atoms with van der Waals surface area (Å²) in [4.78, 5) is 20.7. The molecule has 0 amide bonds. The summed E-state index contributed by atoms with van der Waals surface area (Å²) in [5.41, 5.74) is 0. The Balaban J connectivity index is 4.17. The van der Waals surface area contributed by atoms with Crippen LogP contribution in [0.4, 0.5) is 0 Å². The molecule has 0 aliphatic heterocycles. The number of aliphatic hydroxyl groups is 3. The summed E-state index contributed by atoms with van der Waals surface area (Å²) in [7, 11) is 0. The van der Waals surface area contributed by atoms with Gasteiger partial charge in [-0.1, -0.05) is 0 Å². The van der Waals surface area contributed by atoms with Crippen molar-refractivity contribution in [1.82, 2.24) is 0 Å². The first-order valence-corrected chi connectivity index (χ1v) is 3.97. The third-order valence-corrected chi connectivity index (χ3v) is 1.46. The molecule has 0 aliphatic rings. The van der Waals surface area contributed by atoms with E-state index in [0.29, 0.717) is 0 Å². The van der Waals surface area contributed by atoms with E-state index < -0.39 is 30.4 Å². The summed E-state index contributed by atoms with van der Waals surface area (Å²) in [5, 5.41) is 42.5. The second-order valence-electron chi connectivity index (χ2n) is 2.68. The van der Waals surface area contributed by atoms with Gasteiger partial charge in [0.15, 0.2) is 18.5 Å². The lowest BCUT2D eigenvalue weighted by molar-refractivity contribution is -0.172. The first kappa shape index (κ1) is 13.8. The summed E-state index contributed by atoms with van der Waals surface area (Å²) < 4.78 is 4.49. The van der Waals surface area contributed by atoms with E-state index in [4.69, 9.17) is 25.5 Å². The fourth-order valence-corrected chi connectivity index (χ4v) is 0.727. The quantitative estimate of drug-likeness (QED) is 0.301. The Kier molecular flexibility index (Phi) is 5.79. The molecule has 0 spiro atoms. The van der Waals surface area contributed by atoms with Gasteiger partial charge in [-0.2, -0.15) is 0 Å². The van der Waals surface area contributed by atoms with Crippen LogP contribution in [0.25, 0.3) is 0 Å². The van der Waals surface area contributed by atoms with Crippen molar-refractivity contribution < 1.29 is 39.9 Å². The van der Waals surface area contributed by atoms with Crippen LogP contribution in [-0.4, -0.2) is 62.6 Å². The molecular formula is C7H12O8. The highest BCUT2D eigenvalue weighted by atomic mass is 16.5. The van der Waals surface area contributed by atoms with E-state index in [1.54, 1.807) is 0 Å². The zero-order valence-electron chi connectivity index (χ0n) is 7.61. The van der Waals surface area contributed by atoms with Gasteiger partial charge in [-0.15, -0.1) is 0 Å². The lowest BCUT2D eigenvalue weighted by atomic mass is 10.2. The van der Waals surface area contributed by atoms with Crippen LogP contribution in [0.1, 0.15) is 6.42 Å². The van der Waals surface area contributed by atoms with Crippen LogP contribution in [0.5, 0.6) is 0 Å². The molecule has 2 unspecified atom stereocenters. The van der Waals surface area contributed by atoms with E-state index in [1.807, 2.05) is 0 Å². The maximum atomic E-state index is 10.4. The molecule has 0 radical (unpaired) electrons. The Morgan fingerprint density at radius 2 is 1.60 bits per heavy atom. The van der Waals surface area contributed by atoms with Gasteiger partial charge in [0.25, 0.3) is 0 Å². The lowest BCUT2D eigenvalue weighted by Crippen LogP contribution is -2.42. The number of aliphatic hydroxyl groups excluding tert-OH is 2. The highest BCUT2D eigenvalue weighted by molar-refractivity contribution is 5.83. The van der Waals surface area contributed by atoms with E-state index >= 15 is 0 Å². The van der Waals surface area contributed by atoms with Crippen molar-refractivity contribution in [2.24, 2.45) is 0 Å².